The van der Waals surface area contributed by atoms with Crippen LogP contribution in [0.2, 0.25) is 0 Å². The van der Waals surface area contributed by atoms with Gasteiger partial charge in [-0.05, 0) is 12.1 Å². The lowest BCUT2D eigenvalue weighted by molar-refractivity contribution is -0.302. The van der Waals surface area contributed by atoms with Crippen LogP contribution in [-0.2, 0) is 9.59 Å². The Hall–Kier alpha value is -2.24. The van der Waals surface area contributed by atoms with E-state index < -0.39 is 17.7 Å². The van der Waals surface area contributed by atoms with Crippen molar-refractivity contribution in [2.75, 3.05) is 0 Å². The Morgan fingerprint density at radius 2 is 2.00 bits per heavy atom. The summed E-state index contributed by atoms with van der Waals surface area (Å²) in [6.07, 6.45) is 0. The summed E-state index contributed by atoms with van der Waals surface area (Å²) in [5.41, 5.74) is 0. The maximum Gasteiger partial charge on any atom is 0.359 e. The molecule has 1 aliphatic heterocycles. The van der Waals surface area contributed by atoms with Crippen LogP contribution in [-0.4, -0.2) is 17.7 Å². The van der Waals surface area contributed by atoms with Gasteiger partial charge in [0.2, 0.25) is 11.5 Å². The summed E-state index contributed by atoms with van der Waals surface area (Å²) in [6, 6.07) is 4.59. The van der Waals surface area contributed by atoms with Gasteiger partial charge < -0.3 is 24.1 Å². The molecule has 6 heteroatoms. The lowest BCUT2D eigenvalue weighted by Crippen LogP contribution is -2.35. The number of carboxylic acid groups (broad SMARTS) is 1. The van der Waals surface area contributed by atoms with E-state index in [0.29, 0.717) is 5.75 Å². The minimum Gasteiger partial charge on any atom is -0.539 e. The standard InChI is InChI=1S/C11H10O6/c1-11(2)16-7-5-3-4-6(8(7)17-11)15-10(14)9(12)13/h3-5H,1-2H3,(H,12,13)/p-1. The van der Waals surface area contributed by atoms with E-state index in [4.69, 9.17) is 9.47 Å². The minimum absolute atomic E-state index is 0.0118. The number of carboxylic acids is 1. The van der Waals surface area contributed by atoms with E-state index >= 15 is 0 Å². The average Bonchev–Trinajstić information content (AvgIpc) is 2.53. The van der Waals surface area contributed by atoms with E-state index in [1.807, 2.05) is 0 Å². The summed E-state index contributed by atoms with van der Waals surface area (Å²) >= 11 is 0. The number of ether oxygens (including phenoxy) is 3. The number of fused-ring (bicyclic) bond motifs is 1. The molecule has 0 N–H and O–H groups in total. The number of carbonyl (C=O) groups excluding carboxylic acids is 2. The first-order valence-electron chi connectivity index (χ1n) is 4.83. The van der Waals surface area contributed by atoms with Crippen molar-refractivity contribution >= 4 is 11.9 Å². The second-order valence-electron chi connectivity index (χ2n) is 3.86. The van der Waals surface area contributed by atoms with E-state index in [1.54, 1.807) is 26.0 Å². The zero-order valence-corrected chi connectivity index (χ0v) is 9.18. The Morgan fingerprint density at radius 3 is 2.65 bits per heavy atom. The van der Waals surface area contributed by atoms with E-state index in [0.717, 1.165) is 0 Å². The summed E-state index contributed by atoms with van der Waals surface area (Å²) in [5, 5.41) is 10.3. The molecule has 2 rings (SSSR count). The second-order valence-corrected chi connectivity index (χ2v) is 3.86. The number of rotatable bonds is 1. The first-order chi connectivity index (χ1) is 7.89. The molecule has 0 fully saturated rings. The maximum atomic E-state index is 10.9. The molecule has 1 aromatic carbocycles. The first-order valence-corrected chi connectivity index (χ1v) is 4.83. The number of esters is 1. The van der Waals surface area contributed by atoms with Crippen molar-refractivity contribution in [3.8, 4) is 17.2 Å². The van der Waals surface area contributed by atoms with Gasteiger partial charge in [-0.25, -0.2) is 4.79 Å². The summed E-state index contributed by atoms with van der Waals surface area (Å²) in [5.74, 6) is -3.70. The quantitative estimate of drug-likeness (QED) is 0.383. The van der Waals surface area contributed by atoms with Gasteiger partial charge >= 0.3 is 5.97 Å². The second kappa shape index (κ2) is 3.65. The lowest BCUT2D eigenvalue weighted by Gasteiger charge is -2.16. The van der Waals surface area contributed by atoms with Gasteiger partial charge in [0.15, 0.2) is 17.5 Å². The Bertz CT molecular complexity index is 491. The molecule has 1 heterocycles. The van der Waals surface area contributed by atoms with Crippen LogP contribution in [0.1, 0.15) is 13.8 Å². The smallest absolute Gasteiger partial charge is 0.359 e. The van der Waals surface area contributed by atoms with Gasteiger partial charge in [0, 0.05) is 13.8 Å². The molecule has 1 aromatic rings. The summed E-state index contributed by atoms with van der Waals surface area (Å²) in [6.45, 7) is 3.36. The fourth-order valence-corrected chi connectivity index (χ4v) is 1.43. The fraction of sp³-hybridized carbons (Fsp3) is 0.273. The van der Waals surface area contributed by atoms with E-state index in [1.165, 1.54) is 6.07 Å². The molecule has 0 unspecified atom stereocenters. The highest BCUT2D eigenvalue weighted by atomic mass is 16.7. The highest BCUT2D eigenvalue weighted by molar-refractivity contribution is 6.28. The predicted molar refractivity (Wildman–Crippen MR) is 52.4 cm³/mol. The van der Waals surface area contributed by atoms with Crippen LogP contribution in [0.15, 0.2) is 18.2 Å². The zero-order chi connectivity index (χ0) is 12.6. The Balaban J connectivity index is 2.30. The van der Waals surface area contributed by atoms with E-state index in [2.05, 4.69) is 4.74 Å². The van der Waals surface area contributed by atoms with Crippen LogP contribution in [0.25, 0.3) is 0 Å². The maximum absolute atomic E-state index is 10.9. The van der Waals surface area contributed by atoms with Crippen molar-refractivity contribution in [1.29, 1.82) is 0 Å². The number of hydrogen-bond donors (Lipinski definition) is 0. The number of hydrogen-bond acceptors (Lipinski definition) is 6. The van der Waals surface area contributed by atoms with Crippen LogP contribution >= 0.6 is 0 Å². The third-order valence-electron chi connectivity index (χ3n) is 2.02. The molecule has 0 aromatic heterocycles. The Kier molecular flexibility index (Phi) is 2.42. The van der Waals surface area contributed by atoms with Gasteiger partial charge in [0.25, 0.3) is 0 Å². The molecule has 90 valence electrons. The Morgan fingerprint density at radius 1 is 1.29 bits per heavy atom. The molecule has 0 radical (unpaired) electrons. The molecule has 0 bridgehead atoms. The molecular weight excluding hydrogens is 228 g/mol. The number of benzene rings is 1. The van der Waals surface area contributed by atoms with Gasteiger partial charge in [-0.3, -0.25) is 0 Å². The molecule has 0 aliphatic carbocycles. The van der Waals surface area contributed by atoms with Crippen LogP contribution in [0, 0.1) is 0 Å². The highest BCUT2D eigenvalue weighted by Crippen LogP contribution is 2.45. The van der Waals surface area contributed by atoms with Crippen molar-refractivity contribution in [3.05, 3.63) is 18.2 Å². The van der Waals surface area contributed by atoms with Gasteiger partial charge in [0.05, 0.1) is 0 Å². The third-order valence-corrected chi connectivity index (χ3v) is 2.02. The zero-order valence-electron chi connectivity index (χ0n) is 9.18. The molecule has 0 spiro atoms. The Labute approximate surface area is 96.7 Å². The third kappa shape index (κ3) is 2.15. The van der Waals surface area contributed by atoms with Crippen molar-refractivity contribution in [2.24, 2.45) is 0 Å². The van der Waals surface area contributed by atoms with Gasteiger partial charge in [0.1, 0.15) is 0 Å². The topological polar surface area (TPSA) is 84.9 Å². The summed E-state index contributed by atoms with van der Waals surface area (Å²) < 4.78 is 15.4. The molecule has 0 saturated carbocycles. The fourth-order valence-electron chi connectivity index (χ4n) is 1.43. The average molecular weight is 237 g/mol. The summed E-state index contributed by atoms with van der Waals surface area (Å²) in [4.78, 5) is 21.2. The number of carbonyl (C=O) groups is 2. The van der Waals surface area contributed by atoms with Crippen LogP contribution in [0.4, 0.5) is 0 Å². The molecule has 0 atom stereocenters. The van der Waals surface area contributed by atoms with Crippen molar-refractivity contribution in [1.82, 2.24) is 0 Å². The minimum atomic E-state index is -1.92. The normalized spacial score (nSPS) is 15.4. The van der Waals surface area contributed by atoms with Crippen molar-refractivity contribution < 1.29 is 28.9 Å². The van der Waals surface area contributed by atoms with Crippen LogP contribution < -0.4 is 19.3 Å². The molecule has 1 aliphatic rings. The molecule has 6 nitrogen and oxygen atoms in total. The van der Waals surface area contributed by atoms with E-state index in [-0.39, 0.29) is 11.5 Å². The number of para-hydroxylation sites is 1. The first kappa shape index (κ1) is 11.3. The van der Waals surface area contributed by atoms with Gasteiger partial charge in [-0.15, -0.1) is 0 Å². The molecule has 0 amide bonds. The SMILES string of the molecule is CC1(C)Oc2cccc(OC(=O)C(=O)[O-])c2O1. The molecule has 17 heavy (non-hydrogen) atoms. The molecular formula is C11H9O6-. The predicted octanol–water partition coefficient (Wildman–Crippen LogP) is -0.151. The van der Waals surface area contributed by atoms with Crippen LogP contribution in [0.5, 0.6) is 17.2 Å². The highest BCUT2D eigenvalue weighted by Gasteiger charge is 2.34. The lowest BCUT2D eigenvalue weighted by atomic mass is 10.3. The van der Waals surface area contributed by atoms with Crippen LogP contribution in [0.3, 0.4) is 0 Å². The van der Waals surface area contributed by atoms with Crippen molar-refractivity contribution in [3.63, 3.8) is 0 Å². The monoisotopic (exact) mass is 237 g/mol. The van der Waals surface area contributed by atoms with Gasteiger partial charge in [-0.2, -0.15) is 0 Å². The van der Waals surface area contributed by atoms with Crippen molar-refractivity contribution in [2.45, 2.75) is 19.6 Å². The number of aliphatic carboxylic acids is 1. The van der Waals surface area contributed by atoms with Gasteiger partial charge in [-0.1, -0.05) is 6.07 Å². The largest absolute Gasteiger partial charge is 0.539 e. The van der Waals surface area contributed by atoms with E-state index in [9.17, 15) is 14.7 Å². The summed E-state index contributed by atoms with van der Waals surface area (Å²) in [7, 11) is 0. The molecule has 0 saturated heterocycles.